The van der Waals surface area contributed by atoms with Crippen LogP contribution in [0.2, 0.25) is 5.02 Å². The predicted octanol–water partition coefficient (Wildman–Crippen LogP) is 3.78. The third-order valence-corrected chi connectivity index (χ3v) is 6.19. The van der Waals surface area contributed by atoms with E-state index in [0.29, 0.717) is 10.6 Å². The summed E-state index contributed by atoms with van der Waals surface area (Å²) in [6.07, 6.45) is 0. The number of nitrogens with one attached hydrogen (secondary N) is 1. The van der Waals surface area contributed by atoms with Crippen LogP contribution in [0.3, 0.4) is 0 Å². The molecule has 0 aliphatic carbocycles. The molecule has 0 radical (unpaired) electrons. The van der Waals surface area contributed by atoms with E-state index in [2.05, 4.69) is 60.7 Å². The second kappa shape index (κ2) is 8.81. The largest absolute Gasteiger partial charge is 0.327 e. The number of aryl methyl sites for hydroxylation is 1. The molecule has 148 valence electrons. The minimum absolute atomic E-state index is 0.0712. The van der Waals surface area contributed by atoms with Gasteiger partial charge in [-0.25, -0.2) is 0 Å². The van der Waals surface area contributed by atoms with E-state index in [1.165, 1.54) is 16.0 Å². The molecule has 0 atom stereocenters. The van der Waals surface area contributed by atoms with E-state index in [1.807, 2.05) is 24.0 Å². The Hall–Kier alpha value is -2.62. The van der Waals surface area contributed by atoms with Gasteiger partial charge in [0.25, 0.3) is 5.91 Å². The van der Waals surface area contributed by atoms with E-state index in [9.17, 15) is 4.79 Å². The van der Waals surface area contributed by atoms with Gasteiger partial charge in [-0.1, -0.05) is 78.3 Å². The highest BCUT2D eigenvalue weighted by atomic mass is 35.5. The zero-order valence-corrected chi connectivity index (χ0v) is 17.4. The van der Waals surface area contributed by atoms with Crippen LogP contribution in [0.15, 0.2) is 78.9 Å². The summed E-state index contributed by atoms with van der Waals surface area (Å²) in [6.45, 7) is 5.28. The molecule has 0 aromatic heterocycles. The average molecular weight is 406 g/mol. The van der Waals surface area contributed by atoms with E-state index in [-0.39, 0.29) is 11.9 Å². The Kier molecular flexibility index (Phi) is 5.98. The Balaban J connectivity index is 1.51. The molecule has 3 nitrogen and oxygen atoms in total. The minimum atomic E-state index is 0.0712. The third kappa shape index (κ3) is 4.36. The summed E-state index contributed by atoms with van der Waals surface area (Å²) in [5.74, 6) is 0.0712. The van der Waals surface area contributed by atoms with Crippen LogP contribution in [0.4, 0.5) is 0 Å². The summed E-state index contributed by atoms with van der Waals surface area (Å²) in [5.41, 5.74) is 4.30. The molecule has 1 N–H and O–H groups in total. The van der Waals surface area contributed by atoms with Crippen molar-refractivity contribution in [3.63, 3.8) is 0 Å². The number of carbonyl (C=O) groups excluding carboxylic acids is 1. The number of quaternary nitrogens is 1. The number of piperazine rings is 1. The molecule has 4 heteroatoms. The van der Waals surface area contributed by atoms with Crippen molar-refractivity contribution in [2.45, 2.75) is 13.0 Å². The molecule has 0 saturated carbocycles. The molecule has 1 aliphatic rings. The second-order valence-corrected chi connectivity index (χ2v) is 8.08. The average Bonchev–Trinajstić information content (AvgIpc) is 2.77. The fourth-order valence-electron chi connectivity index (χ4n) is 4.15. The molecule has 0 bridgehead atoms. The van der Waals surface area contributed by atoms with E-state index in [4.69, 9.17) is 11.6 Å². The normalized spacial score (nSPS) is 14.9. The first kappa shape index (κ1) is 19.7. The van der Waals surface area contributed by atoms with Crippen LogP contribution in [0, 0.1) is 6.92 Å². The fourth-order valence-corrected chi connectivity index (χ4v) is 4.33. The summed E-state index contributed by atoms with van der Waals surface area (Å²) in [5, 5.41) is 0.647. The number of benzene rings is 3. The first-order chi connectivity index (χ1) is 14.1. The van der Waals surface area contributed by atoms with Crippen molar-refractivity contribution >= 4 is 17.5 Å². The molecule has 1 aliphatic heterocycles. The van der Waals surface area contributed by atoms with E-state index in [1.54, 1.807) is 6.07 Å². The minimum Gasteiger partial charge on any atom is -0.327 e. The first-order valence-corrected chi connectivity index (χ1v) is 10.5. The maximum absolute atomic E-state index is 12.9. The van der Waals surface area contributed by atoms with Gasteiger partial charge in [0.05, 0.1) is 26.2 Å². The summed E-state index contributed by atoms with van der Waals surface area (Å²) in [7, 11) is 0. The summed E-state index contributed by atoms with van der Waals surface area (Å²) < 4.78 is 0. The first-order valence-electron chi connectivity index (χ1n) is 10.1. The van der Waals surface area contributed by atoms with Crippen LogP contribution in [0.5, 0.6) is 0 Å². The van der Waals surface area contributed by atoms with Crippen molar-refractivity contribution in [3.05, 3.63) is 106 Å². The van der Waals surface area contributed by atoms with Gasteiger partial charge in [-0.05, 0) is 24.6 Å². The van der Waals surface area contributed by atoms with Gasteiger partial charge in [0.2, 0.25) is 0 Å². The van der Waals surface area contributed by atoms with Crippen LogP contribution in [0.1, 0.15) is 33.1 Å². The Labute approximate surface area is 177 Å². The van der Waals surface area contributed by atoms with Crippen LogP contribution < -0.4 is 4.90 Å². The Morgan fingerprint density at radius 3 is 1.97 bits per heavy atom. The molecule has 0 unspecified atom stereocenters. The van der Waals surface area contributed by atoms with Gasteiger partial charge < -0.3 is 9.80 Å². The molecule has 1 saturated heterocycles. The molecule has 0 spiro atoms. The molecule has 29 heavy (non-hydrogen) atoms. The fraction of sp³-hybridized carbons (Fsp3) is 0.240. The van der Waals surface area contributed by atoms with Gasteiger partial charge in [-0.3, -0.25) is 4.79 Å². The van der Waals surface area contributed by atoms with E-state index >= 15 is 0 Å². The number of hydrogen-bond donors (Lipinski definition) is 1. The second-order valence-electron chi connectivity index (χ2n) is 7.67. The van der Waals surface area contributed by atoms with Gasteiger partial charge in [0, 0.05) is 21.7 Å². The lowest BCUT2D eigenvalue weighted by Crippen LogP contribution is -3.15. The van der Waals surface area contributed by atoms with Gasteiger partial charge >= 0.3 is 0 Å². The highest BCUT2D eigenvalue weighted by Gasteiger charge is 2.31. The highest BCUT2D eigenvalue weighted by molar-refractivity contribution is 6.31. The molecule has 1 amide bonds. The van der Waals surface area contributed by atoms with Crippen LogP contribution in [-0.2, 0) is 0 Å². The highest BCUT2D eigenvalue weighted by Crippen LogP contribution is 2.20. The lowest BCUT2D eigenvalue weighted by molar-refractivity contribution is -0.929. The number of carbonyl (C=O) groups is 1. The molecule has 4 rings (SSSR count). The Morgan fingerprint density at radius 1 is 0.897 bits per heavy atom. The number of nitrogens with zero attached hydrogens (tertiary/aromatic N) is 1. The van der Waals surface area contributed by atoms with Crippen molar-refractivity contribution < 1.29 is 9.69 Å². The smallest absolute Gasteiger partial charge is 0.254 e. The zero-order valence-electron chi connectivity index (χ0n) is 16.6. The monoisotopic (exact) mass is 405 g/mol. The number of halogens is 1. The van der Waals surface area contributed by atoms with Crippen molar-refractivity contribution in [1.82, 2.24) is 4.90 Å². The number of rotatable bonds is 4. The molecule has 1 heterocycles. The van der Waals surface area contributed by atoms with Crippen LogP contribution in [0.25, 0.3) is 0 Å². The molecule has 3 aromatic rings. The summed E-state index contributed by atoms with van der Waals surface area (Å²) >= 11 is 6.22. The summed E-state index contributed by atoms with van der Waals surface area (Å²) in [4.78, 5) is 16.4. The standard InChI is InChI=1S/C25H25ClN2O/c1-19-12-13-22(18-23(19)26)25(29)28-16-14-27(15-17-28)24(20-8-4-2-5-9-20)21-10-6-3-7-11-21/h2-13,18,24H,14-17H2,1H3/p+1. The lowest BCUT2D eigenvalue weighted by atomic mass is 9.96. The number of hydrogen-bond acceptors (Lipinski definition) is 1. The summed E-state index contributed by atoms with van der Waals surface area (Å²) in [6, 6.07) is 27.2. The van der Waals surface area contributed by atoms with Crippen LogP contribution in [-0.4, -0.2) is 37.0 Å². The SMILES string of the molecule is Cc1ccc(C(=O)N2CC[NH+](C(c3ccccc3)c3ccccc3)CC2)cc1Cl. The van der Waals surface area contributed by atoms with Gasteiger partial charge in [-0.2, -0.15) is 0 Å². The maximum Gasteiger partial charge on any atom is 0.254 e. The van der Waals surface area contributed by atoms with Gasteiger partial charge in [0.15, 0.2) is 0 Å². The van der Waals surface area contributed by atoms with Gasteiger partial charge in [-0.15, -0.1) is 0 Å². The molecule has 3 aromatic carbocycles. The van der Waals surface area contributed by atoms with Crippen molar-refractivity contribution in [2.75, 3.05) is 26.2 Å². The van der Waals surface area contributed by atoms with Crippen LogP contribution >= 0.6 is 11.6 Å². The van der Waals surface area contributed by atoms with Gasteiger partial charge in [0.1, 0.15) is 6.04 Å². The zero-order chi connectivity index (χ0) is 20.2. The van der Waals surface area contributed by atoms with E-state index in [0.717, 1.165) is 31.7 Å². The Morgan fingerprint density at radius 2 is 1.45 bits per heavy atom. The van der Waals surface area contributed by atoms with Crippen molar-refractivity contribution in [3.8, 4) is 0 Å². The molecular weight excluding hydrogens is 380 g/mol. The quantitative estimate of drug-likeness (QED) is 0.702. The predicted molar refractivity (Wildman–Crippen MR) is 118 cm³/mol. The van der Waals surface area contributed by atoms with Crippen molar-refractivity contribution in [2.24, 2.45) is 0 Å². The Bertz CT molecular complexity index is 927. The maximum atomic E-state index is 12.9. The number of amides is 1. The molecule has 1 fully saturated rings. The lowest BCUT2D eigenvalue weighted by Gasteiger charge is -2.37. The van der Waals surface area contributed by atoms with Crippen molar-refractivity contribution in [1.29, 1.82) is 0 Å². The topological polar surface area (TPSA) is 24.8 Å². The third-order valence-electron chi connectivity index (χ3n) is 5.79. The molecular formula is C25H26ClN2O+. The van der Waals surface area contributed by atoms with E-state index < -0.39 is 0 Å².